The average molecular weight is 370 g/mol. The van der Waals surface area contributed by atoms with E-state index in [9.17, 15) is 16.8 Å². The Hall–Kier alpha value is -0.710. The van der Waals surface area contributed by atoms with E-state index in [1.165, 1.54) is 18.2 Å². The van der Waals surface area contributed by atoms with Crippen molar-refractivity contribution >= 4 is 32.5 Å². The lowest BCUT2D eigenvalue weighted by molar-refractivity contribution is 0.539. The van der Waals surface area contributed by atoms with Crippen molar-refractivity contribution in [1.29, 1.82) is 0 Å². The highest BCUT2D eigenvalue weighted by Crippen LogP contribution is 2.15. The molecule has 0 saturated carbocycles. The SMILES string of the molecule is Cl.NS(=O)(=O)c1cccc(S(=O)(=O)NCC[C@H]2CCCN2)c1. The molecule has 10 heteroatoms. The Labute approximate surface area is 137 Å². The van der Waals surface area contributed by atoms with Crippen LogP contribution in [-0.2, 0) is 20.0 Å². The van der Waals surface area contributed by atoms with Crippen LogP contribution < -0.4 is 15.2 Å². The second-order valence-electron chi connectivity index (χ2n) is 5.00. The molecule has 1 heterocycles. The molecule has 0 radical (unpaired) electrons. The van der Waals surface area contributed by atoms with Crippen molar-refractivity contribution in [2.75, 3.05) is 13.1 Å². The van der Waals surface area contributed by atoms with E-state index in [1.807, 2.05) is 0 Å². The second-order valence-corrected chi connectivity index (χ2v) is 8.33. The van der Waals surface area contributed by atoms with Crippen LogP contribution in [0.1, 0.15) is 19.3 Å². The van der Waals surface area contributed by atoms with Gasteiger partial charge in [-0.1, -0.05) is 6.07 Å². The van der Waals surface area contributed by atoms with E-state index in [0.717, 1.165) is 25.5 Å². The lowest BCUT2D eigenvalue weighted by Gasteiger charge is -2.11. The van der Waals surface area contributed by atoms with Gasteiger partial charge in [-0.15, -0.1) is 12.4 Å². The number of rotatable bonds is 6. The highest BCUT2D eigenvalue weighted by atomic mass is 35.5. The van der Waals surface area contributed by atoms with Gasteiger partial charge in [0.05, 0.1) is 9.79 Å². The molecule has 0 amide bonds. The fourth-order valence-electron chi connectivity index (χ4n) is 2.27. The standard InChI is InChI=1S/C12H19N3O4S2.ClH/c13-20(16,17)11-4-1-5-12(9-11)21(18,19)15-8-6-10-3-2-7-14-10;/h1,4-5,9-10,14-15H,2-3,6-8H2,(H2,13,16,17);1H/t10-;/m1./s1. The Bertz CT molecular complexity index is 701. The average Bonchev–Trinajstić information content (AvgIpc) is 2.91. The van der Waals surface area contributed by atoms with Crippen molar-refractivity contribution in [2.24, 2.45) is 5.14 Å². The Morgan fingerprint density at radius 3 is 2.50 bits per heavy atom. The summed E-state index contributed by atoms with van der Waals surface area (Å²) in [4.78, 5) is -0.323. The zero-order chi connectivity index (χ0) is 15.5. The van der Waals surface area contributed by atoms with Gasteiger partial charge in [0.25, 0.3) is 0 Å². The predicted octanol–water partition coefficient (Wildman–Crippen LogP) is 0.176. The largest absolute Gasteiger partial charge is 0.314 e. The van der Waals surface area contributed by atoms with Crippen molar-refractivity contribution in [3.8, 4) is 0 Å². The number of benzene rings is 1. The summed E-state index contributed by atoms with van der Waals surface area (Å²) in [6, 6.07) is 5.35. The molecule has 0 unspecified atom stereocenters. The van der Waals surface area contributed by atoms with Gasteiger partial charge in [0, 0.05) is 12.6 Å². The Balaban J connectivity index is 0.00000242. The summed E-state index contributed by atoms with van der Waals surface area (Å²) in [5, 5.41) is 8.28. The van der Waals surface area contributed by atoms with Crippen molar-refractivity contribution in [1.82, 2.24) is 10.0 Å². The zero-order valence-corrected chi connectivity index (χ0v) is 14.3. The summed E-state index contributed by atoms with van der Waals surface area (Å²) >= 11 is 0. The number of primary sulfonamides is 1. The first-order valence-electron chi connectivity index (χ1n) is 6.65. The fraction of sp³-hybridized carbons (Fsp3) is 0.500. The molecule has 1 fully saturated rings. The molecule has 1 atom stereocenters. The summed E-state index contributed by atoms with van der Waals surface area (Å²) in [5.41, 5.74) is 0. The number of nitrogens with two attached hydrogens (primary N) is 1. The van der Waals surface area contributed by atoms with E-state index >= 15 is 0 Å². The molecule has 2 rings (SSSR count). The first-order chi connectivity index (χ1) is 9.79. The first kappa shape index (κ1) is 19.3. The quantitative estimate of drug-likeness (QED) is 0.660. The number of nitrogens with one attached hydrogen (secondary N) is 2. The molecule has 1 aromatic rings. The second kappa shape index (κ2) is 7.71. The van der Waals surface area contributed by atoms with Crippen LogP contribution in [0.2, 0.25) is 0 Å². The van der Waals surface area contributed by atoms with Crippen molar-refractivity contribution in [2.45, 2.75) is 35.1 Å². The lowest BCUT2D eigenvalue weighted by atomic mass is 10.2. The van der Waals surface area contributed by atoms with E-state index in [2.05, 4.69) is 10.0 Å². The van der Waals surface area contributed by atoms with Gasteiger partial charge in [-0.25, -0.2) is 26.7 Å². The summed E-state index contributed by atoms with van der Waals surface area (Å²) in [7, 11) is -7.65. The monoisotopic (exact) mass is 369 g/mol. The maximum Gasteiger partial charge on any atom is 0.240 e. The third kappa shape index (κ3) is 5.18. The van der Waals surface area contributed by atoms with Crippen LogP contribution in [0.3, 0.4) is 0 Å². The molecule has 0 aliphatic carbocycles. The minimum Gasteiger partial charge on any atom is -0.314 e. The molecule has 1 aromatic carbocycles. The normalized spacial score (nSPS) is 18.9. The summed E-state index contributed by atoms with van der Waals surface area (Å²) in [5.74, 6) is 0. The van der Waals surface area contributed by atoms with Crippen LogP contribution in [0.15, 0.2) is 34.1 Å². The minimum absolute atomic E-state index is 0. The molecule has 1 aliphatic rings. The van der Waals surface area contributed by atoms with E-state index in [0.29, 0.717) is 19.0 Å². The van der Waals surface area contributed by atoms with Gasteiger partial charge >= 0.3 is 0 Å². The van der Waals surface area contributed by atoms with Crippen molar-refractivity contribution in [3.63, 3.8) is 0 Å². The van der Waals surface area contributed by atoms with E-state index in [4.69, 9.17) is 5.14 Å². The molecule has 4 N–H and O–H groups in total. The third-order valence-electron chi connectivity index (χ3n) is 3.39. The van der Waals surface area contributed by atoms with Crippen molar-refractivity contribution in [3.05, 3.63) is 24.3 Å². The topological polar surface area (TPSA) is 118 Å². The van der Waals surface area contributed by atoms with Crippen LogP contribution in [0.5, 0.6) is 0 Å². The third-order valence-corrected chi connectivity index (χ3v) is 5.76. The van der Waals surface area contributed by atoms with Gasteiger partial charge in [0.15, 0.2) is 0 Å². The lowest BCUT2D eigenvalue weighted by Crippen LogP contribution is -2.30. The fourth-order valence-corrected chi connectivity index (χ4v) is 4.00. The molecule has 7 nitrogen and oxygen atoms in total. The molecule has 22 heavy (non-hydrogen) atoms. The van der Waals surface area contributed by atoms with Crippen LogP contribution in [0, 0.1) is 0 Å². The molecule has 0 aromatic heterocycles. The molecular weight excluding hydrogens is 350 g/mol. The summed E-state index contributed by atoms with van der Waals surface area (Å²) in [6.45, 7) is 1.27. The summed E-state index contributed by atoms with van der Waals surface area (Å²) < 4.78 is 49.2. The predicted molar refractivity (Wildman–Crippen MR) is 85.9 cm³/mol. The maximum atomic E-state index is 12.1. The number of sulfonamides is 2. The van der Waals surface area contributed by atoms with E-state index < -0.39 is 20.0 Å². The maximum absolute atomic E-state index is 12.1. The van der Waals surface area contributed by atoms with E-state index in [1.54, 1.807) is 0 Å². The molecular formula is C12H20ClN3O4S2. The van der Waals surface area contributed by atoms with Crippen LogP contribution >= 0.6 is 12.4 Å². The molecule has 0 bridgehead atoms. The van der Waals surface area contributed by atoms with Crippen LogP contribution in [0.25, 0.3) is 0 Å². The van der Waals surface area contributed by atoms with Gasteiger partial charge in [-0.05, 0) is 44.0 Å². The van der Waals surface area contributed by atoms with Gasteiger partial charge in [-0.2, -0.15) is 0 Å². The number of hydrogen-bond donors (Lipinski definition) is 3. The Morgan fingerprint density at radius 1 is 1.23 bits per heavy atom. The minimum atomic E-state index is -3.92. The van der Waals surface area contributed by atoms with E-state index in [-0.39, 0.29) is 22.2 Å². The van der Waals surface area contributed by atoms with Crippen molar-refractivity contribution < 1.29 is 16.8 Å². The molecule has 126 valence electrons. The zero-order valence-electron chi connectivity index (χ0n) is 11.9. The highest BCUT2D eigenvalue weighted by Gasteiger charge is 2.19. The van der Waals surface area contributed by atoms with Crippen LogP contribution in [-0.4, -0.2) is 36.0 Å². The van der Waals surface area contributed by atoms with Gasteiger partial charge < -0.3 is 5.32 Å². The molecule has 1 saturated heterocycles. The smallest absolute Gasteiger partial charge is 0.240 e. The van der Waals surface area contributed by atoms with Gasteiger partial charge in [-0.3, -0.25) is 0 Å². The van der Waals surface area contributed by atoms with Gasteiger partial charge in [0.2, 0.25) is 20.0 Å². The Kier molecular flexibility index (Phi) is 6.78. The Morgan fingerprint density at radius 2 is 1.91 bits per heavy atom. The van der Waals surface area contributed by atoms with Gasteiger partial charge in [0.1, 0.15) is 0 Å². The summed E-state index contributed by atoms with van der Waals surface area (Å²) in [6.07, 6.45) is 2.85. The highest BCUT2D eigenvalue weighted by molar-refractivity contribution is 7.90. The number of halogens is 1. The first-order valence-corrected chi connectivity index (χ1v) is 9.68. The molecule has 1 aliphatic heterocycles. The molecule has 0 spiro atoms. The number of hydrogen-bond acceptors (Lipinski definition) is 5. The van der Waals surface area contributed by atoms with Crippen LogP contribution in [0.4, 0.5) is 0 Å².